The molecular weight excluding hydrogens is 553 g/mol. The molecule has 2 aliphatic rings. The Labute approximate surface area is 237 Å². The number of amides is 3. The molecule has 0 radical (unpaired) electrons. The number of halogens is 3. The van der Waals surface area contributed by atoms with Gasteiger partial charge in [-0.1, -0.05) is 18.2 Å². The SMILES string of the molecule is O=C(NC1CC1)c1cc2c(s1)-c1ccccc1N(C(=O)c1ccc(NC(=O)c3cccnc3C(F)(F)F)cc1)CC2. The Morgan fingerprint density at radius 3 is 2.44 bits per heavy atom. The van der Waals surface area contributed by atoms with E-state index in [-0.39, 0.29) is 23.5 Å². The van der Waals surface area contributed by atoms with E-state index in [0.29, 0.717) is 23.4 Å². The number of hydrogen-bond donors (Lipinski definition) is 2. The summed E-state index contributed by atoms with van der Waals surface area (Å²) < 4.78 is 39.8. The number of nitrogens with one attached hydrogen (secondary N) is 2. The van der Waals surface area contributed by atoms with E-state index in [2.05, 4.69) is 15.6 Å². The number of para-hydroxylation sites is 1. The van der Waals surface area contributed by atoms with E-state index in [4.69, 9.17) is 0 Å². The van der Waals surface area contributed by atoms with Gasteiger partial charge in [-0.2, -0.15) is 13.2 Å². The van der Waals surface area contributed by atoms with Gasteiger partial charge in [-0.3, -0.25) is 19.4 Å². The number of alkyl halides is 3. The summed E-state index contributed by atoms with van der Waals surface area (Å²) in [6.07, 6.45) is -1.22. The summed E-state index contributed by atoms with van der Waals surface area (Å²) in [4.78, 5) is 45.5. The van der Waals surface area contributed by atoms with Gasteiger partial charge in [0.15, 0.2) is 5.69 Å². The number of carbonyl (C=O) groups is 3. The average molecular weight is 577 g/mol. The van der Waals surface area contributed by atoms with Gasteiger partial charge in [0.2, 0.25) is 0 Å². The predicted octanol–water partition coefficient (Wildman–Crippen LogP) is 6.18. The first-order chi connectivity index (χ1) is 19.7. The number of carbonyl (C=O) groups excluding carboxylic acids is 3. The van der Waals surface area contributed by atoms with Crippen molar-refractivity contribution in [2.24, 2.45) is 0 Å². The number of hydrogen-bond acceptors (Lipinski definition) is 5. The molecule has 41 heavy (non-hydrogen) atoms. The third-order valence-corrected chi connectivity index (χ3v) is 8.15. The minimum Gasteiger partial charge on any atom is -0.349 e. The van der Waals surface area contributed by atoms with Gasteiger partial charge in [0, 0.05) is 40.5 Å². The Bertz CT molecular complexity index is 1660. The van der Waals surface area contributed by atoms with Crippen LogP contribution in [0.15, 0.2) is 72.9 Å². The fraction of sp³-hybridized carbons (Fsp3) is 0.200. The number of thiophene rings is 1. The van der Waals surface area contributed by atoms with Crippen molar-refractivity contribution in [1.82, 2.24) is 10.3 Å². The molecule has 1 aliphatic carbocycles. The van der Waals surface area contributed by atoms with Gasteiger partial charge < -0.3 is 15.5 Å². The fourth-order valence-corrected chi connectivity index (χ4v) is 5.92. The summed E-state index contributed by atoms with van der Waals surface area (Å²) >= 11 is 1.42. The van der Waals surface area contributed by atoms with Crippen LogP contribution >= 0.6 is 11.3 Å². The number of aromatic nitrogens is 1. The number of rotatable bonds is 5. The number of nitrogens with zero attached hydrogens (tertiary/aromatic N) is 2. The normalized spacial score (nSPS) is 14.5. The summed E-state index contributed by atoms with van der Waals surface area (Å²) in [6.45, 7) is 0.392. The van der Waals surface area contributed by atoms with E-state index in [1.165, 1.54) is 41.7 Å². The van der Waals surface area contributed by atoms with Crippen molar-refractivity contribution in [1.29, 1.82) is 0 Å². The second kappa shape index (κ2) is 10.5. The van der Waals surface area contributed by atoms with Crippen LogP contribution in [0.3, 0.4) is 0 Å². The molecular formula is C30H23F3N4O3S. The maximum atomic E-state index is 13.6. The van der Waals surface area contributed by atoms with Gasteiger partial charge in [0.05, 0.1) is 16.1 Å². The van der Waals surface area contributed by atoms with Gasteiger partial charge in [-0.05, 0) is 73.4 Å². The standard InChI is InChI=1S/C30H23F3N4O3S/c31-30(32,33)26-22(5-3-14-34-26)27(38)35-19-9-7-17(8-10-19)29(40)37-15-13-18-16-24(28(39)36-20-11-12-20)41-25(18)21-4-1-2-6-23(21)37/h1-10,14,16,20H,11-13,15H2,(H,35,38)(H,36,39). The van der Waals surface area contributed by atoms with Gasteiger partial charge in [-0.25, -0.2) is 0 Å². The summed E-state index contributed by atoms with van der Waals surface area (Å²) in [7, 11) is 0. The first kappa shape index (κ1) is 26.7. The Morgan fingerprint density at radius 2 is 1.71 bits per heavy atom. The first-order valence-corrected chi connectivity index (χ1v) is 13.8. The molecule has 0 spiro atoms. The third-order valence-electron chi connectivity index (χ3n) is 6.95. The van der Waals surface area contributed by atoms with Gasteiger partial charge >= 0.3 is 6.18 Å². The van der Waals surface area contributed by atoms with Crippen LogP contribution in [0.25, 0.3) is 10.4 Å². The summed E-state index contributed by atoms with van der Waals surface area (Å²) in [6, 6.07) is 18.0. The average Bonchev–Trinajstić information content (AvgIpc) is 3.71. The zero-order valence-corrected chi connectivity index (χ0v) is 22.3. The van der Waals surface area contributed by atoms with Crippen LogP contribution < -0.4 is 15.5 Å². The minimum absolute atomic E-state index is 0.0682. The molecule has 2 aromatic heterocycles. The summed E-state index contributed by atoms with van der Waals surface area (Å²) in [5.74, 6) is -1.28. The van der Waals surface area contributed by atoms with Crippen molar-refractivity contribution < 1.29 is 27.6 Å². The molecule has 7 nitrogen and oxygen atoms in total. The lowest BCUT2D eigenvalue weighted by Gasteiger charge is -2.23. The molecule has 0 saturated heterocycles. The molecule has 1 aliphatic heterocycles. The quantitative estimate of drug-likeness (QED) is 0.297. The van der Waals surface area contributed by atoms with Crippen LogP contribution in [-0.2, 0) is 12.6 Å². The fourth-order valence-electron chi connectivity index (χ4n) is 4.77. The van der Waals surface area contributed by atoms with Crippen molar-refractivity contribution in [3.8, 4) is 10.4 Å². The molecule has 3 heterocycles. The molecule has 3 amide bonds. The van der Waals surface area contributed by atoms with Crippen molar-refractivity contribution in [2.75, 3.05) is 16.8 Å². The summed E-state index contributed by atoms with van der Waals surface area (Å²) in [5, 5.41) is 5.48. The first-order valence-electron chi connectivity index (χ1n) is 13.0. The van der Waals surface area contributed by atoms with Gasteiger partial charge in [0.25, 0.3) is 17.7 Å². The zero-order chi connectivity index (χ0) is 28.7. The second-order valence-corrected chi connectivity index (χ2v) is 10.9. The zero-order valence-electron chi connectivity index (χ0n) is 21.5. The molecule has 2 aromatic carbocycles. The maximum absolute atomic E-state index is 13.6. The van der Waals surface area contributed by atoms with E-state index < -0.39 is 23.3 Å². The molecule has 1 fully saturated rings. The minimum atomic E-state index is -4.78. The van der Waals surface area contributed by atoms with Crippen molar-refractivity contribution >= 4 is 40.4 Å². The van der Waals surface area contributed by atoms with Crippen LogP contribution in [0.4, 0.5) is 24.5 Å². The Hall–Kier alpha value is -4.51. The molecule has 6 rings (SSSR count). The predicted molar refractivity (Wildman–Crippen MR) is 149 cm³/mol. The highest BCUT2D eigenvalue weighted by molar-refractivity contribution is 7.17. The number of pyridine rings is 1. The maximum Gasteiger partial charge on any atom is 0.434 e. The monoisotopic (exact) mass is 576 g/mol. The lowest BCUT2D eigenvalue weighted by atomic mass is 10.1. The van der Waals surface area contributed by atoms with E-state index >= 15 is 0 Å². The highest BCUT2D eigenvalue weighted by Gasteiger charge is 2.37. The van der Waals surface area contributed by atoms with E-state index in [9.17, 15) is 27.6 Å². The highest BCUT2D eigenvalue weighted by atomic mass is 32.1. The van der Waals surface area contributed by atoms with Crippen molar-refractivity contribution in [3.63, 3.8) is 0 Å². The van der Waals surface area contributed by atoms with Crippen LogP contribution in [0.2, 0.25) is 0 Å². The van der Waals surface area contributed by atoms with Crippen molar-refractivity contribution in [2.45, 2.75) is 31.5 Å². The molecule has 0 bridgehead atoms. The van der Waals surface area contributed by atoms with Crippen LogP contribution in [0.5, 0.6) is 0 Å². The molecule has 1 saturated carbocycles. The summed E-state index contributed by atoms with van der Waals surface area (Å²) in [5.41, 5.74) is 1.31. The largest absolute Gasteiger partial charge is 0.434 e. The topological polar surface area (TPSA) is 91.4 Å². The Morgan fingerprint density at radius 1 is 0.951 bits per heavy atom. The lowest BCUT2D eigenvalue weighted by Crippen LogP contribution is -2.32. The molecule has 0 atom stereocenters. The Balaban J connectivity index is 1.21. The number of anilines is 2. The van der Waals surface area contributed by atoms with Crippen molar-refractivity contribution in [3.05, 3.63) is 100 Å². The molecule has 0 unspecified atom stereocenters. The second-order valence-electron chi connectivity index (χ2n) is 9.87. The number of fused-ring (bicyclic) bond motifs is 3. The molecule has 208 valence electrons. The molecule has 2 N–H and O–H groups in total. The van der Waals surface area contributed by atoms with Crippen LogP contribution in [0.1, 0.15) is 54.5 Å². The van der Waals surface area contributed by atoms with E-state index in [1.54, 1.807) is 4.90 Å². The third kappa shape index (κ3) is 5.45. The van der Waals surface area contributed by atoms with E-state index in [0.717, 1.165) is 46.8 Å². The smallest absolute Gasteiger partial charge is 0.349 e. The number of benzene rings is 2. The highest BCUT2D eigenvalue weighted by Crippen LogP contribution is 2.42. The molecule has 4 aromatic rings. The molecule has 11 heteroatoms. The van der Waals surface area contributed by atoms with Crippen LogP contribution in [-0.4, -0.2) is 35.3 Å². The van der Waals surface area contributed by atoms with Gasteiger partial charge in [-0.15, -0.1) is 11.3 Å². The van der Waals surface area contributed by atoms with E-state index in [1.807, 2.05) is 30.3 Å². The lowest BCUT2D eigenvalue weighted by molar-refractivity contribution is -0.141. The van der Waals surface area contributed by atoms with Crippen LogP contribution in [0, 0.1) is 0 Å². The Kier molecular flexibility index (Phi) is 6.82. The van der Waals surface area contributed by atoms with Gasteiger partial charge in [0.1, 0.15) is 0 Å².